The van der Waals surface area contributed by atoms with Crippen molar-refractivity contribution >= 4 is 5.91 Å². The molecule has 4 atom stereocenters. The SMILES string of the molecule is COc1ccc2c(c1)[C@@]13Cc4[nH]c(=O)c(C(N)=O)cc4C[C@@]1(O)[C@@H]1N(Cc4ccccc4)CC21C3. The van der Waals surface area contributed by atoms with Gasteiger partial charge in [-0.2, -0.15) is 0 Å². The number of fused-ring (bicyclic) bond motifs is 3. The Kier molecular flexibility index (Phi) is 3.95. The van der Waals surface area contributed by atoms with E-state index in [0.29, 0.717) is 12.8 Å². The summed E-state index contributed by atoms with van der Waals surface area (Å²) in [5, 5.41) is 12.7. The van der Waals surface area contributed by atoms with Crippen molar-refractivity contribution in [3.63, 3.8) is 0 Å². The number of primary amides is 1. The minimum Gasteiger partial charge on any atom is -0.497 e. The van der Waals surface area contributed by atoms with Crippen molar-refractivity contribution in [2.75, 3.05) is 13.7 Å². The van der Waals surface area contributed by atoms with Crippen LogP contribution in [-0.2, 0) is 30.2 Å². The van der Waals surface area contributed by atoms with E-state index in [4.69, 9.17) is 10.5 Å². The van der Waals surface area contributed by atoms with Crippen LogP contribution in [0.4, 0.5) is 0 Å². The minimum atomic E-state index is -1.06. The van der Waals surface area contributed by atoms with Gasteiger partial charge in [0.15, 0.2) is 0 Å². The Morgan fingerprint density at radius 3 is 2.71 bits per heavy atom. The third-order valence-electron chi connectivity index (χ3n) is 9.20. The smallest absolute Gasteiger partial charge is 0.261 e. The Morgan fingerprint density at radius 1 is 1.17 bits per heavy atom. The first kappa shape index (κ1) is 20.9. The molecule has 178 valence electrons. The van der Waals surface area contributed by atoms with Crippen molar-refractivity contribution in [1.82, 2.24) is 9.88 Å². The van der Waals surface area contributed by atoms with Gasteiger partial charge in [0.05, 0.1) is 18.8 Å². The van der Waals surface area contributed by atoms with Crippen LogP contribution in [0.15, 0.2) is 59.4 Å². The van der Waals surface area contributed by atoms with E-state index < -0.39 is 22.5 Å². The number of ether oxygens (including phenoxy) is 1. The molecule has 2 aromatic carbocycles. The summed E-state index contributed by atoms with van der Waals surface area (Å²) >= 11 is 0. The van der Waals surface area contributed by atoms with Gasteiger partial charge < -0.3 is 20.6 Å². The maximum Gasteiger partial charge on any atom is 0.261 e. The predicted molar refractivity (Wildman–Crippen MR) is 130 cm³/mol. The van der Waals surface area contributed by atoms with Crippen LogP contribution in [0.2, 0.25) is 0 Å². The first-order valence-corrected chi connectivity index (χ1v) is 12.1. The molecule has 0 radical (unpaired) electrons. The van der Waals surface area contributed by atoms with Crippen molar-refractivity contribution in [3.05, 3.63) is 98.5 Å². The van der Waals surface area contributed by atoms with Crippen molar-refractivity contribution in [2.24, 2.45) is 5.73 Å². The number of likely N-dealkylation sites (tertiary alicyclic amines) is 1. The zero-order valence-electron chi connectivity index (χ0n) is 19.5. The molecule has 7 rings (SSSR count). The Labute approximate surface area is 202 Å². The number of hydrogen-bond acceptors (Lipinski definition) is 5. The molecule has 35 heavy (non-hydrogen) atoms. The van der Waals surface area contributed by atoms with Crippen molar-refractivity contribution in [3.8, 4) is 5.75 Å². The molecule has 1 saturated carbocycles. The fourth-order valence-electron chi connectivity index (χ4n) is 8.02. The van der Waals surface area contributed by atoms with Crippen LogP contribution in [0.3, 0.4) is 0 Å². The van der Waals surface area contributed by atoms with Crippen LogP contribution in [-0.4, -0.2) is 46.2 Å². The Morgan fingerprint density at radius 2 is 1.97 bits per heavy atom. The van der Waals surface area contributed by atoms with Crippen molar-refractivity contribution in [1.29, 1.82) is 0 Å². The van der Waals surface area contributed by atoms with Crippen LogP contribution in [0.5, 0.6) is 5.75 Å². The molecule has 3 aromatic rings. The highest BCUT2D eigenvalue weighted by Gasteiger charge is 2.80. The molecule has 1 amide bonds. The standard InChI is InChI=1S/C28H27N3O4/c1-35-18-7-8-20-21(10-18)27-12-22-17(9-19(23(29)32)24(33)30-22)11-28(27,34)25-26(20,14-27)15-31(25)13-16-5-3-2-4-6-16/h2-10,25,34H,11-15H2,1H3,(H2,29,32)(H,30,33)/t25-,26?,27+,28-/m1/s1. The first-order valence-electron chi connectivity index (χ1n) is 12.1. The van der Waals surface area contributed by atoms with Gasteiger partial charge in [0.2, 0.25) is 0 Å². The fourth-order valence-corrected chi connectivity index (χ4v) is 8.02. The van der Waals surface area contributed by atoms with Crippen molar-refractivity contribution < 1.29 is 14.6 Å². The van der Waals surface area contributed by atoms with Gasteiger partial charge in [0.25, 0.3) is 11.5 Å². The third-order valence-corrected chi connectivity index (χ3v) is 9.20. The molecule has 4 aliphatic rings. The van der Waals surface area contributed by atoms with E-state index in [9.17, 15) is 14.7 Å². The Balaban J connectivity index is 1.41. The normalized spacial score (nSPS) is 31.7. The quantitative estimate of drug-likeness (QED) is 0.540. The van der Waals surface area contributed by atoms with Gasteiger partial charge in [0.1, 0.15) is 11.3 Å². The number of aromatic nitrogens is 1. The maximum atomic E-state index is 12.7. The number of methoxy groups -OCH3 is 1. The number of aliphatic hydroxyl groups is 1. The predicted octanol–water partition coefficient (Wildman–Crippen LogP) is 1.79. The van der Waals surface area contributed by atoms with Gasteiger partial charge in [-0.05, 0) is 46.9 Å². The molecule has 4 N–H and O–H groups in total. The number of rotatable bonds is 4. The molecule has 2 spiro atoms. The lowest BCUT2D eigenvalue weighted by Gasteiger charge is -2.62. The zero-order valence-corrected chi connectivity index (χ0v) is 19.5. The van der Waals surface area contributed by atoms with E-state index in [0.717, 1.165) is 42.1 Å². The monoisotopic (exact) mass is 469 g/mol. The highest BCUT2D eigenvalue weighted by molar-refractivity contribution is 5.92. The summed E-state index contributed by atoms with van der Waals surface area (Å²) in [4.78, 5) is 29.8. The van der Waals surface area contributed by atoms with Crippen LogP contribution >= 0.6 is 0 Å². The number of carbonyl (C=O) groups is 1. The van der Waals surface area contributed by atoms with E-state index >= 15 is 0 Å². The summed E-state index contributed by atoms with van der Waals surface area (Å²) in [6.07, 6.45) is 1.69. The average molecular weight is 470 g/mol. The molecule has 1 aromatic heterocycles. The van der Waals surface area contributed by atoms with E-state index in [-0.39, 0.29) is 17.0 Å². The molecule has 1 unspecified atom stereocenters. The largest absolute Gasteiger partial charge is 0.497 e. The molecule has 7 nitrogen and oxygen atoms in total. The number of nitrogens with two attached hydrogens (primary N) is 1. The fraction of sp³-hybridized carbons (Fsp3) is 0.357. The number of benzene rings is 2. The summed E-state index contributed by atoms with van der Waals surface area (Å²) in [5.41, 5.74) is 8.40. The van der Waals surface area contributed by atoms with E-state index in [1.165, 1.54) is 11.1 Å². The van der Waals surface area contributed by atoms with Crippen molar-refractivity contribution in [2.45, 2.75) is 48.3 Å². The van der Waals surface area contributed by atoms with E-state index in [1.54, 1.807) is 13.2 Å². The molecule has 1 aliphatic heterocycles. The number of H-pyrrole nitrogens is 1. The second-order valence-corrected chi connectivity index (χ2v) is 10.8. The summed E-state index contributed by atoms with van der Waals surface area (Å²) in [6.45, 7) is 1.64. The molecule has 2 heterocycles. The zero-order chi connectivity index (χ0) is 24.2. The summed E-state index contributed by atoms with van der Waals surface area (Å²) in [5.74, 6) is 0.0139. The van der Waals surface area contributed by atoms with Crippen LogP contribution in [0.1, 0.15) is 44.7 Å². The molecule has 3 aliphatic carbocycles. The van der Waals surface area contributed by atoms with Gasteiger partial charge >= 0.3 is 0 Å². The molecule has 2 bridgehead atoms. The van der Waals surface area contributed by atoms with Gasteiger partial charge in [0, 0.05) is 42.5 Å². The lowest BCUT2D eigenvalue weighted by atomic mass is 9.55. The third kappa shape index (κ3) is 2.42. The number of amides is 1. The number of nitrogens with one attached hydrogen (secondary N) is 1. The molecule has 7 heteroatoms. The highest BCUT2D eigenvalue weighted by atomic mass is 16.5. The molecule has 2 fully saturated rings. The number of pyridine rings is 1. The lowest BCUT2D eigenvalue weighted by Crippen LogP contribution is -2.75. The second-order valence-electron chi connectivity index (χ2n) is 10.8. The van der Waals surface area contributed by atoms with Crippen LogP contribution in [0, 0.1) is 0 Å². The van der Waals surface area contributed by atoms with E-state index in [2.05, 4.69) is 34.1 Å². The maximum absolute atomic E-state index is 12.7. The van der Waals surface area contributed by atoms with E-state index in [1.807, 2.05) is 24.3 Å². The number of aromatic amines is 1. The molecular weight excluding hydrogens is 442 g/mol. The number of nitrogens with zero attached hydrogens (tertiary/aromatic N) is 1. The molecule has 1 saturated heterocycles. The Hall–Kier alpha value is -3.42. The first-order chi connectivity index (χ1) is 16.8. The second kappa shape index (κ2) is 6.62. The average Bonchev–Trinajstić information content (AvgIpc) is 3.21. The molecular formula is C28H27N3O4. The van der Waals surface area contributed by atoms with Crippen LogP contribution < -0.4 is 16.0 Å². The summed E-state index contributed by atoms with van der Waals surface area (Å²) in [6, 6.07) is 18.1. The summed E-state index contributed by atoms with van der Waals surface area (Å²) in [7, 11) is 1.66. The minimum absolute atomic E-state index is 0.0574. The lowest BCUT2D eigenvalue weighted by molar-refractivity contribution is -0.139. The highest BCUT2D eigenvalue weighted by Crippen LogP contribution is 2.73. The number of hydrogen-bond donors (Lipinski definition) is 3. The van der Waals surface area contributed by atoms with Gasteiger partial charge in [-0.15, -0.1) is 0 Å². The van der Waals surface area contributed by atoms with Crippen LogP contribution in [0.25, 0.3) is 0 Å². The van der Waals surface area contributed by atoms with Gasteiger partial charge in [-0.3, -0.25) is 14.5 Å². The summed E-state index contributed by atoms with van der Waals surface area (Å²) < 4.78 is 5.56. The topological polar surface area (TPSA) is 109 Å². The van der Waals surface area contributed by atoms with Gasteiger partial charge in [-0.25, -0.2) is 0 Å². The number of carbonyl (C=O) groups excluding carboxylic acids is 1. The Bertz CT molecular complexity index is 1470. The van der Waals surface area contributed by atoms with Gasteiger partial charge in [-0.1, -0.05) is 36.4 Å².